The van der Waals surface area contributed by atoms with Crippen molar-refractivity contribution in [3.63, 3.8) is 0 Å². The van der Waals surface area contributed by atoms with Crippen molar-refractivity contribution in [3.8, 4) is 0 Å². The van der Waals surface area contributed by atoms with Gasteiger partial charge in [0.2, 0.25) is 0 Å². The minimum absolute atomic E-state index is 0.635. The highest BCUT2D eigenvalue weighted by molar-refractivity contribution is 8.16. The molecule has 0 unspecified atom stereocenters. The van der Waals surface area contributed by atoms with Crippen molar-refractivity contribution in [2.75, 3.05) is 0 Å². The summed E-state index contributed by atoms with van der Waals surface area (Å²) in [5.41, 5.74) is 1.49. The molecule has 0 bridgehead atoms. The Morgan fingerprint density at radius 3 is 2.31 bits per heavy atom. The summed E-state index contributed by atoms with van der Waals surface area (Å²) in [6.45, 7) is 1.70. The topological polar surface area (TPSA) is 34.1 Å². The van der Waals surface area contributed by atoms with Crippen molar-refractivity contribution < 1.29 is 8.42 Å². The average Bonchev–Trinajstić information content (AvgIpc) is 2.03. The van der Waals surface area contributed by atoms with Crippen molar-refractivity contribution in [2.24, 2.45) is 0 Å². The van der Waals surface area contributed by atoms with Crippen molar-refractivity contribution in [1.29, 1.82) is 0 Å². The second-order valence-corrected chi connectivity index (χ2v) is 5.12. The molecular weight excluding hydrogens is 208 g/mol. The van der Waals surface area contributed by atoms with Gasteiger partial charge in [0, 0.05) is 16.1 Å². The summed E-state index contributed by atoms with van der Waals surface area (Å²) >= 11 is 0. The lowest BCUT2D eigenvalue weighted by Gasteiger charge is -1.98. The van der Waals surface area contributed by atoms with Gasteiger partial charge in [-0.1, -0.05) is 30.3 Å². The fraction of sp³-hybridized carbons (Fsp3) is 0.111. The smallest absolute Gasteiger partial charge is 0.208 e. The van der Waals surface area contributed by atoms with Crippen LogP contribution in [-0.2, 0) is 9.05 Å². The Hall–Kier alpha value is -0.800. The zero-order valence-corrected chi connectivity index (χ0v) is 8.64. The molecule has 0 atom stereocenters. The van der Waals surface area contributed by atoms with Crippen LogP contribution in [0.3, 0.4) is 0 Å². The van der Waals surface area contributed by atoms with Crippen molar-refractivity contribution in [2.45, 2.75) is 6.92 Å². The van der Waals surface area contributed by atoms with Gasteiger partial charge in [0.15, 0.2) is 0 Å². The SMILES string of the molecule is CC(=CS(=O)(=O)Cl)c1ccccc1. The van der Waals surface area contributed by atoms with Gasteiger partial charge in [-0.25, -0.2) is 8.42 Å². The molecule has 0 radical (unpaired) electrons. The Morgan fingerprint density at radius 2 is 1.85 bits per heavy atom. The number of allylic oxidation sites excluding steroid dienone is 1. The summed E-state index contributed by atoms with van der Waals surface area (Å²) in [5.74, 6) is 0. The molecule has 0 N–H and O–H groups in total. The maximum atomic E-state index is 10.7. The fourth-order valence-corrected chi connectivity index (χ4v) is 1.94. The molecule has 0 aliphatic rings. The van der Waals surface area contributed by atoms with Crippen molar-refractivity contribution in [3.05, 3.63) is 41.3 Å². The number of rotatable bonds is 2. The van der Waals surface area contributed by atoms with Gasteiger partial charge in [-0.3, -0.25) is 0 Å². The van der Waals surface area contributed by atoms with Gasteiger partial charge in [-0.15, -0.1) is 0 Å². The van der Waals surface area contributed by atoms with Crippen LogP contribution in [0, 0.1) is 0 Å². The first-order valence-electron chi connectivity index (χ1n) is 3.67. The van der Waals surface area contributed by atoms with E-state index in [2.05, 4.69) is 0 Å². The number of hydrogen-bond donors (Lipinski definition) is 0. The van der Waals surface area contributed by atoms with E-state index in [0.29, 0.717) is 5.57 Å². The summed E-state index contributed by atoms with van der Waals surface area (Å²) < 4.78 is 21.4. The monoisotopic (exact) mass is 216 g/mol. The lowest BCUT2D eigenvalue weighted by Crippen LogP contribution is -1.84. The molecule has 1 aromatic rings. The molecule has 1 aromatic carbocycles. The maximum Gasteiger partial charge on any atom is 0.254 e. The first kappa shape index (κ1) is 10.3. The van der Waals surface area contributed by atoms with Crippen molar-refractivity contribution >= 4 is 25.3 Å². The lowest BCUT2D eigenvalue weighted by molar-refractivity contribution is 0.617. The lowest BCUT2D eigenvalue weighted by atomic mass is 10.1. The van der Waals surface area contributed by atoms with E-state index in [9.17, 15) is 8.42 Å². The first-order chi connectivity index (χ1) is 5.99. The Kier molecular flexibility index (Phi) is 3.12. The molecular formula is C9H9ClO2S. The normalized spacial score (nSPS) is 12.9. The second kappa shape index (κ2) is 3.94. The van der Waals surface area contributed by atoms with Crippen molar-refractivity contribution in [1.82, 2.24) is 0 Å². The zero-order chi connectivity index (χ0) is 9.90. The molecule has 0 aromatic heterocycles. The van der Waals surface area contributed by atoms with E-state index in [4.69, 9.17) is 10.7 Å². The van der Waals surface area contributed by atoms with Crippen LogP contribution >= 0.6 is 10.7 Å². The molecule has 70 valence electrons. The Labute approximate surface area is 82.3 Å². The molecule has 13 heavy (non-hydrogen) atoms. The van der Waals surface area contributed by atoms with Gasteiger partial charge in [0.25, 0.3) is 9.05 Å². The summed E-state index contributed by atoms with van der Waals surface area (Å²) in [5, 5.41) is 1.05. The molecule has 0 aliphatic heterocycles. The highest BCUT2D eigenvalue weighted by Crippen LogP contribution is 2.15. The van der Waals surface area contributed by atoms with Crippen LogP contribution in [0.1, 0.15) is 12.5 Å². The third kappa shape index (κ3) is 3.61. The summed E-state index contributed by atoms with van der Waals surface area (Å²) in [4.78, 5) is 0. The van der Waals surface area contributed by atoms with Gasteiger partial charge in [-0.2, -0.15) is 0 Å². The van der Waals surface area contributed by atoms with Crippen LogP contribution in [-0.4, -0.2) is 8.42 Å². The molecule has 0 fully saturated rings. The van der Waals surface area contributed by atoms with Gasteiger partial charge in [0.1, 0.15) is 0 Å². The van der Waals surface area contributed by atoms with Crippen LogP contribution < -0.4 is 0 Å². The van der Waals surface area contributed by atoms with E-state index < -0.39 is 9.05 Å². The minimum atomic E-state index is -3.56. The summed E-state index contributed by atoms with van der Waals surface area (Å²) in [7, 11) is 1.51. The first-order valence-corrected chi connectivity index (χ1v) is 6.05. The Morgan fingerprint density at radius 1 is 1.31 bits per heavy atom. The van der Waals surface area contributed by atoms with E-state index in [1.807, 2.05) is 30.3 Å². The van der Waals surface area contributed by atoms with E-state index in [0.717, 1.165) is 11.0 Å². The number of benzene rings is 1. The van der Waals surface area contributed by atoms with Crippen LogP contribution in [0.4, 0.5) is 0 Å². The van der Waals surface area contributed by atoms with Gasteiger partial charge >= 0.3 is 0 Å². The number of hydrogen-bond acceptors (Lipinski definition) is 2. The third-order valence-corrected chi connectivity index (χ3v) is 2.45. The zero-order valence-electron chi connectivity index (χ0n) is 7.07. The highest BCUT2D eigenvalue weighted by atomic mass is 35.7. The predicted octanol–water partition coefficient (Wildman–Crippen LogP) is 2.62. The molecule has 0 amide bonds. The highest BCUT2D eigenvalue weighted by Gasteiger charge is 2.01. The third-order valence-electron chi connectivity index (χ3n) is 1.55. The molecule has 0 heterocycles. The predicted molar refractivity (Wildman–Crippen MR) is 54.9 cm³/mol. The second-order valence-electron chi connectivity index (χ2n) is 2.64. The molecule has 0 spiro atoms. The number of halogens is 1. The molecule has 0 saturated heterocycles. The van der Waals surface area contributed by atoms with E-state index in [1.54, 1.807) is 6.92 Å². The summed E-state index contributed by atoms with van der Waals surface area (Å²) in [6.07, 6.45) is 0. The van der Waals surface area contributed by atoms with Crippen LogP contribution in [0.5, 0.6) is 0 Å². The Balaban J connectivity index is 3.06. The molecule has 1 rings (SSSR count). The van der Waals surface area contributed by atoms with E-state index in [1.165, 1.54) is 0 Å². The van der Waals surface area contributed by atoms with Crippen LogP contribution in [0.15, 0.2) is 35.7 Å². The quantitative estimate of drug-likeness (QED) is 0.713. The fourth-order valence-electron chi connectivity index (χ4n) is 0.980. The Bertz CT molecular complexity index is 407. The van der Waals surface area contributed by atoms with E-state index >= 15 is 0 Å². The molecule has 4 heteroatoms. The average molecular weight is 217 g/mol. The van der Waals surface area contributed by atoms with Gasteiger partial charge < -0.3 is 0 Å². The molecule has 2 nitrogen and oxygen atoms in total. The van der Waals surface area contributed by atoms with Crippen LogP contribution in [0.25, 0.3) is 5.57 Å². The minimum Gasteiger partial charge on any atom is -0.208 e. The van der Waals surface area contributed by atoms with Crippen LogP contribution in [0.2, 0.25) is 0 Å². The molecule has 0 aliphatic carbocycles. The summed E-state index contributed by atoms with van der Waals surface area (Å²) in [6, 6.07) is 9.20. The van der Waals surface area contributed by atoms with Gasteiger partial charge in [-0.05, 0) is 18.1 Å². The van der Waals surface area contributed by atoms with Gasteiger partial charge in [0.05, 0.1) is 0 Å². The maximum absolute atomic E-state index is 10.7. The molecule has 0 saturated carbocycles. The largest absolute Gasteiger partial charge is 0.254 e. The van der Waals surface area contributed by atoms with E-state index in [-0.39, 0.29) is 0 Å². The standard InChI is InChI=1S/C9H9ClO2S/c1-8(7-13(10,11)12)9-5-3-2-4-6-9/h2-7H,1H3.